The van der Waals surface area contributed by atoms with E-state index in [1.54, 1.807) is 0 Å². The first-order valence-electron chi connectivity index (χ1n) is 15.2. The summed E-state index contributed by atoms with van der Waals surface area (Å²) in [5.41, 5.74) is -9.19. The van der Waals surface area contributed by atoms with Gasteiger partial charge in [0.25, 0.3) is 0 Å². The lowest BCUT2D eigenvalue weighted by molar-refractivity contribution is -0.367. The number of piperazine rings is 1. The van der Waals surface area contributed by atoms with Crippen LogP contribution in [0.25, 0.3) is 0 Å². The molecule has 0 radical (unpaired) electrons. The van der Waals surface area contributed by atoms with Crippen molar-refractivity contribution in [3.63, 3.8) is 0 Å². The van der Waals surface area contributed by atoms with Crippen molar-refractivity contribution in [2.24, 2.45) is 0 Å². The van der Waals surface area contributed by atoms with Crippen LogP contribution in [0.1, 0.15) is 67.6 Å². The Balaban J connectivity index is 1.87. The predicted molar refractivity (Wildman–Crippen MR) is 160 cm³/mol. The number of carbonyl (C=O) groups excluding carboxylic acids is 2. The van der Waals surface area contributed by atoms with Gasteiger partial charge in [-0.3, -0.25) is 14.6 Å². The molecule has 0 aliphatic carbocycles. The van der Waals surface area contributed by atoms with Gasteiger partial charge in [0, 0.05) is 40.2 Å². The Morgan fingerprint density at radius 3 is 1.86 bits per heavy atom. The number of rotatable bonds is 4. The number of benzene rings is 2. The molecule has 5 atom stereocenters. The number of halogens is 7. The Morgan fingerprint density at radius 2 is 1.41 bits per heavy atom. The monoisotopic (exact) mass is 708 g/mol. The van der Waals surface area contributed by atoms with Crippen molar-refractivity contribution in [1.82, 2.24) is 19.6 Å². The smallest absolute Gasteiger partial charge is 0.383 e. The van der Waals surface area contributed by atoms with E-state index in [0.717, 1.165) is 46.0 Å². The van der Waals surface area contributed by atoms with Crippen molar-refractivity contribution in [1.29, 1.82) is 0 Å². The number of aliphatic hydroxyl groups is 4. The number of hydrogen-bond donors (Lipinski definition) is 4. The molecule has 2 aliphatic rings. The first-order valence-corrected chi connectivity index (χ1v) is 15.2. The van der Waals surface area contributed by atoms with E-state index >= 15 is 0 Å². The highest BCUT2D eigenvalue weighted by atomic mass is 19.4. The summed E-state index contributed by atoms with van der Waals surface area (Å²) in [6.45, 7) is 6.10. The molecule has 0 saturated carbocycles. The molecule has 0 spiro atoms. The highest BCUT2D eigenvalue weighted by Gasteiger charge is 2.71. The Morgan fingerprint density at radius 1 is 0.898 bits per heavy atom. The second-order valence-corrected chi connectivity index (χ2v) is 13.1. The molecule has 0 bridgehead atoms. The van der Waals surface area contributed by atoms with Gasteiger partial charge in [-0.15, -0.1) is 0 Å². The van der Waals surface area contributed by atoms with Crippen LogP contribution in [0, 0.1) is 12.7 Å². The molecule has 2 aromatic carbocycles. The maximum absolute atomic E-state index is 14.4. The van der Waals surface area contributed by atoms with Gasteiger partial charge < -0.3 is 30.2 Å². The summed E-state index contributed by atoms with van der Waals surface area (Å²) in [6, 6.07) is -2.72. The number of amides is 3. The van der Waals surface area contributed by atoms with Gasteiger partial charge in [0.15, 0.2) is 5.72 Å². The third-order valence-electron chi connectivity index (χ3n) is 9.86. The van der Waals surface area contributed by atoms with E-state index in [0.29, 0.717) is 21.9 Å². The van der Waals surface area contributed by atoms with Gasteiger partial charge in [0.2, 0.25) is 11.7 Å². The summed E-state index contributed by atoms with van der Waals surface area (Å²) in [6.07, 6.45) is -10.4. The van der Waals surface area contributed by atoms with Crippen molar-refractivity contribution >= 4 is 11.9 Å². The third kappa shape index (κ3) is 6.82. The quantitative estimate of drug-likeness (QED) is 0.279. The van der Waals surface area contributed by atoms with E-state index < -0.39 is 76.1 Å². The summed E-state index contributed by atoms with van der Waals surface area (Å²) in [5.74, 6) is -4.13. The maximum Gasteiger partial charge on any atom is 0.416 e. The molecular formula is C32H39F7N4O6. The Kier molecular flexibility index (Phi) is 9.90. The largest absolute Gasteiger partial charge is 0.416 e. The molecule has 4 N–H and O–H groups in total. The van der Waals surface area contributed by atoms with Crippen LogP contribution in [0.15, 0.2) is 36.4 Å². The molecule has 2 aromatic rings. The van der Waals surface area contributed by atoms with Gasteiger partial charge >= 0.3 is 18.4 Å². The van der Waals surface area contributed by atoms with Crippen LogP contribution >= 0.6 is 0 Å². The number of aryl methyl sites for hydroxylation is 1. The highest BCUT2D eigenvalue weighted by molar-refractivity contribution is 5.77. The second-order valence-electron chi connectivity index (χ2n) is 13.1. The van der Waals surface area contributed by atoms with Crippen LogP contribution in [0.3, 0.4) is 0 Å². The fraction of sp³-hybridized carbons (Fsp3) is 0.562. The SMILES string of the molecule is CC(=O)N1CCN(C2C(O)(O)C(c3ccc(F)cc3C)N(C(=O)N(C)C(C)c3cc(C(F)(F)F)cc(C(F)(F)F)c3)C(C)(O)C2(C)O)CC1. The number of hydrogen-bond acceptors (Lipinski definition) is 7. The molecule has 0 aromatic heterocycles. The lowest BCUT2D eigenvalue weighted by atomic mass is 9.69. The predicted octanol–water partition coefficient (Wildman–Crippen LogP) is 4.01. The maximum atomic E-state index is 14.4. The van der Waals surface area contributed by atoms with Gasteiger partial charge in [-0.2, -0.15) is 26.3 Å². The standard InChI is InChI=1S/C32H39F7N4O6/c1-17-13-23(33)7-8-24(17)25-30(48,49)26(42-11-9-41(10-12-42)19(3)44)28(4,46)29(5,47)43(25)27(45)40(6)18(2)20-14-21(31(34,35)36)16-22(15-20)32(37,38)39/h7-8,13-16,18,25-26,46-49H,9-12H2,1-6H3. The van der Waals surface area contributed by atoms with Gasteiger partial charge in [-0.1, -0.05) is 6.07 Å². The number of likely N-dealkylation sites (tertiary alicyclic amines) is 1. The van der Waals surface area contributed by atoms with Crippen molar-refractivity contribution in [2.75, 3.05) is 33.2 Å². The Labute approximate surface area is 277 Å². The molecule has 272 valence electrons. The molecule has 2 fully saturated rings. The van der Waals surface area contributed by atoms with E-state index in [9.17, 15) is 60.7 Å². The van der Waals surface area contributed by atoms with Gasteiger partial charge in [0.05, 0.1) is 23.2 Å². The minimum Gasteiger partial charge on any atom is -0.383 e. The molecule has 2 aliphatic heterocycles. The molecule has 5 unspecified atom stereocenters. The van der Waals surface area contributed by atoms with E-state index in [-0.39, 0.29) is 49.3 Å². The lowest BCUT2D eigenvalue weighted by Crippen LogP contribution is -2.84. The number of urea groups is 1. The minimum absolute atomic E-state index is 0.00354. The van der Waals surface area contributed by atoms with E-state index in [2.05, 4.69) is 0 Å². The number of piperidine rings is 1. The van der Waals surface area contributed by atoms with Gasteiger partial charge in [0.1, 0.15) is 17.5 Å². The van der Waals surface area contributed by atoms with Crippen molar-refractivity contribution < 1.29 is 60.7 Å². The summed E-state index contributed by atoms with van der Waals surface area (Å²) in [4.78, 5) is 30.4. The number of carbonyl (C=O) groups is 2. The zero-order valence-corrected chi connectivity index (χ0v) is 27.6. The summed E-state index contributed by atoms with van der Waals surface area (Å²) < 4.78 is 96.2. The molecule has 2 heterocycles. The molecule has 17 heteroatoms. The van der Waals surface area contributed by atoms with E-state index in [1.165, 1.54) is 23.6 Å². The third-order valence-corrected chi connectivity index (χ3v) is 9.86. The van der Waals surface area contributed by atoms with Gasteiger partial charge in [-0.05, 0) is 74.7 Å². The molecule has 2 saturated heterocycles. The fourth-order valence-corrected chi connectivity index (χ4v) is 6.82. The molecule has 10 nitrogen and oxygen atoms in total. The fourth-order valence-electron chi connectivity index (χ4n) is 6.82. The van der Waals surface area contributed by atoms with E-state index in [1.807, 2.05) is 0 Å². The van der Waals surface area contributed by atoms with Crippen LogP contribution in [0.2, 0.25) is 0 Å². The first-order chi connectivity index (χ1) is 22.2. The second kappa shape index (κ2) is 12.7. The zero-order valence-electron chi connectivity index (χ0n) is 27.6. The number of alkyl halides is 6. The topological polar surface area (TPSA) is 128 Å². The molecule has 3 amide bonds. The normalized spacial score (nSPS) is 27.2. The summed E-state index contributed by atoms with van der Waals surface area (Å²) >= 11 is 0. The summed E-state index contributed by atoms with van der Waals surface area (Å²) in [7, 11) is 1.02. The van der Waals surface area contributed by atoms with Crippen LogP contribution in [0.5, 0.6) is 0 Å². The van der Waals surface area contributed by atoms with Crippen molar-refractivity contribution in [2.45, 2.75) is 82.2 Å². The zero-order chi connectivity index (χ0) is 37.2. The molecule has 4 rings (SSSR count). The average Bonchev–Trinajstić information content (AvgIpc) is 2.97. The van der Waals surface area contributed by atoms with Crippen LogP contribution < -0.4 is 0 Å². The number of nitrogens with zero attached hydrogens (tertiary/aromatic N) is 4. The van der Waals surface area contributed by atoms with Crippen molar-refractivity contribution in [3.05, 3.63) is 70.0 Å². The lowest BCUT2D eigenvalue weighted by Gasteiger charge is -2.64. The van der Waals surface area contributed by atoms with Crippen LogP contribution in [0.4, 0.5) is 35.5 Å². The van der Waals surface area contributed by atoms with Crippen LogP contribution in [-0.2, 0) is 17.1 Å². The Bertz CT molecular complexity index is 1560. The first kappa shape index (κ1) is 38.3. The van der Waals surface area contributed by atoms with E-state index in [4.69, 9.17) is 0 Å². The van der Waals surface area contributed by atoms with Crippen molar-refractivity contribution in [3.8, 4) is 0 Å². The van der Waals surface area contributed by atoms with Gasteiger partial charge in [-0.25, -0.2) is 9.18 Å². The Hall–Kier alpha value is -3.51. The van der Waals surface area contributed by atoms with Crippen LogP contribution in [-0.4, -0.2) is 108 Å². The summed E-state index contributed by atoms with van der Waals surface area (Å²) in [5, 5.41) is 48.2. The molecular weight excluding hydrogens is 669 g/mol. The minimum atomic E-state index is -5.18. The highest BCUT2D eigenvalue weighted by Crippen LogP contribution is 2.52. The average molecular weight is 709 g/mol. The molecule has 49 heavy (non-hydrogen) atoms.